The molecule has 2 aliphatic rings. The Balaban J connectivity index is 0.00000180. The van der Waals surface area contributed by atoms with Gasteiger partial charge in [-0.15, -0.1) is 12.4 Å². The van der Waals surface area contributed by atoms with Crippen molar-refractivity contribution in [1.29, 1.82) is 0 Å². The van der Waals surface area contributed by atoms with Gasteiger partial charge < -0.3 is 20.1 Å². The Bertz CT molecular complexity index is 285. The number of halogens is 1. The zero-order valence-corrected chi connectivity index (χ0v) is 12.5. The van der Waals surface area contributed by atoms with Crippen LogP contribution in [-0.4, -0.2) is 50.5 Å². The third-order valence-electron chi connectivity index (χ3n) is 3.94. The maximum atomic E-state index is 12.2. The van der Waals surface area contributed by atoms with E-state index in [9.17, 15) is 4.79 Å². The average molecular weight is 293 g/mol. The lowest BCUT2D eigenvalue weighted by Crippen LogP contribution is -2.57. The van der Waals surface area contributed by atoms with Crippen LogP contribution in [0.15, 0.2) is 0 Å². The van der Waals surface area contributed by atoms with Crippen LogP contribution in [-0.2, 0) is 14.3 Å². The molecule has 0 aromatic carbocycles. The molecule has 0 aliphatic carbocycles. The highest BCUT2D eigenvalue weighted by Gasteiger charge is 2.30. The fraction of sp³-hybridized carbons (Fsp3) is 0.923. The molecule has 0 aromatic rings. The summed E-state index contributed by atoms with van der Waals surface area (Å²) in [7, 11) is 0. The number of carbonyl (C=O) groups is 1. The van der Waals surface area contributed by atoms with Gasteiger partial charge in [-0.05, 0) is 32.6 Å². The fourth-order valence-corrected chi connectivity index (χ4v) is 2.68. The van der Waals surface area contributed by atoms with Gasteiger partial charge in [0.25, 0.3) is 0 Å². The van der Waals surface area contributed by atoms with Crippen molar-refractivity contribution >= 4 is 18.3 Å². The van der Waals surface area contributed by atoms with Crippen LogP contribution in [0, 0.1) is 5.92 Å². The molecule has 1 amide bonds. The molecule has 2 rings (SSSR count). The zero-order valence-electron chi connectivity index (χ0n) is 11.7. The summed E-state index contributed by atoms with van der Waals surface area (Å²) in [5.41, 5.74) is 0. The molecule has 5 nitrogen and oxygen atoms in total. The first kappa shape index (κ1) is 16.7. The van der Waals surface area contributed by atoms with E-state index in [0.29, 0.717) is 12.5 Å². The second-order valence-corrected chi connectivity index (χ2v) is 5.25. The number of rotatable bonds is 3. The summed E-state index contributed by atoms with van der Waals surface area (Å²) in [5.74, 6) is 0.587. The SMILES string of the molecule is CC(NC(=O)[C@H]1NCCO[C@@H]1C)C1CCOCC1.Cl. The molecule has 6 heteroatoms. The van der Waals surface area contributed by atoms with Crippen molar-refractivity contribution in [3.63, 3.8) is 0 Å². The molecule has 2 aliphatic heterocycles. The summed E-state index contributed by atoms with van der Waals surface area (Å²) < 4.78 is 10.8. The maximum absolute atomic E-state index is 12.2. The Morgan fingerprint density at radius 1 is 1.32 bits per heavy atom. The summed E-state index contributed by atoms with van der Waals surface area (Å²) in [6, 6.07) is -0.0154. The van der Waals surface area contributed by atoms with Crippen LogP contribution in [0.4, 0.5) is 0 Å². The molecule has 2 heterocycles. The third kappa shape index (κ3) is 4.60. The van der Waals surface area contributed by atoms with Crippen molar-refractivity contribution < 1.29 is 14.3 Å². The van der Waals surface area contributed by atoms with Crippen LogP contribution in [0.1, 0.15) is 26.7 Å². The molecule has 2 fully saturated rings. The first-order valence-corrected chi connectivity index (χ1v) is 6.91. The molecule has 1 unspecified atom stereocenters. The number of carbonyl (C=O) groups excluding carboxylic acids is 1. The number of hydrogen-bond donors (Lipinski definition) is 2. The van der Waals surface area contributed by atoms with Crippen molar-refractivity contribution in [2.45, 2.75) is 44.9 Å². The number of ether oxygens (including phenoxy) is 2. The lowest BCUT2D eigenvalue weighted by molar-refractivity contribution is -0.130. The summed E-state index contributed by atoms with van der Waals surface area (Å²) >= 11 is 0. The van der Waals surface area contributed by atoms with Crippen molar-refractivity contribution in [3.8, 4) is 0 Å². The first-order chi connectivity index (χ1) is 8.68. The van der Waals surface area contributed by atoms with Crippen LogP contribution in [0.3, 0.4) is 0 Å². The van der Waals surface area contributed by atoms with E-state index in [-0.39, 0.29) is 36.5 Å². The van der Waals surface area contributed by atoms with Crippen LogP contribution in [0.5, 0.6) is 0 Å². The molecule has 0 radical (unpaired) electrons. The second-order valence-electron chi connectivity index (χ2n) is 5.25. The number of hydrogen-bond acceptors (Lipinski definition) is 4. The molecule has 19 heavy (non-hydrogen) atoms. The highest BCUT2D eigenvalue weighted by atomic mass is 35.5. The monoisotopic (exact) mass is 292 g/mol. The van der Waals surface area contributed by atoms with Gasteiger partial charge >= 0.3 is 0 Å². The molecule has 2 N–H and O–H groups in total. The normalized spacial score (nSPS) is 30.2. The second kappa shape index (κ2) is 8.04. The average Bonchev–Trinajstić information content (AvgIpc) is 2.40. The maximum Gasteiger partial charge on any atom is 0.240 e. The predicted molar refractivity (Wildman–Crippen MR) is 75.6 cm³/mol. The molecule has 2 saturated heterocycles. The van der Waals surface area contributed by atoms with E-state index in [0.717, 1.165) is 32.6 Å². The largest absolute Gasteiger partial charge is 0.381 e. The Kier molecular flexibility index (Phi) is 7.07. The standard InChI is InChI=1S/C13H24N2O3.ClH/c1-9(11-3-6-17-7-4-11)15-13(16)12-10(2)18-8-5-14-12;/h9-12,14H,3-8H2,1-2H3,(H,15,16);1H/t9?,10-,12+;/m1./s1. The Hall–Kier alpha value is -0.360. The predicted octanol–water partition coefficient (Wildman–Crippen LogP) is 0.716. The Morgan fingerprint density at radius 3 is 2.63 bits per heavy atom. The van der Waals surface area contributed by atoms with Crippen molar-refractivity contribution in [1.82, 2.24) is 10.6 Å². The lowest BCUT2D eigenvalue weighted by Gasteiger charge is -2.33. The van der Waals surface area contributed by atoms with Crippen molar-refractivity contribution in [3.05, 3.63) is 0 Å². The molecule has 0 bridgehead atoms. The van der Waals surface area contributed by atoms with Gasteiger partial charge in [0, 0.05) is 25.8 Å². The van der Waals surface area contributed by atoms with Gasteiger partial charge in [0.15, 0.2) is 0 Å². The Labute approximate surface area is 121 Å². The molecule has 0 spiro atoms. The van der Waals surface area contributed by atoms with Gasteiger partial charge in [-0.25, -0.2) is 0 Å². The molecular formula is C13H25ClN2O3. The van der Waals surface area contributed by atoms with Crippen LogP contribution >= 0.6 is 12.4 Å². The minimum absolute atomic E-state index is 0. The van der Waals surface area contributed by atoms with Crippen molar-refractivity contribution in [2.75, 3.05) is 26.4 Å². The number of nitrogens with one attached hydrogen (secondary N) is 2. The van der Waals surface area contributed by atoms with E-state index >= 15 is 0 Å². The van der Waals surface area contributed by atoms with Gasteiger partial charge in [-0.3, -0.25) is 4.79 Å². The summed E-state index contributed by atoms with van der Waals surface area (Å²) in [6.45, 7) is 7.07. The molecule has 0 aromatic heterocycles. The zero-order chi connectivity index (χ0) is 13.0. The van der Waals surface area contributed by atoms with Gasteiger partial charge in [-0.2, -0.15) is 0 Å². The summed E-state index contributed by atoms with van der Waals surface area (Å²) in [5, 5.41) is 6.33. The van der Waals surface area contributed by atoms with E-state index in [1.807, 2.05) is 6.92 Å². The van der Waals surface area contributed by atoms with Crippen LogP contribution in [0.2, 0.25) is 0 Å². The fourth-order valence-electron chi connectivity index (χ4n) is 2.68. The van der Waals surface area contributed by atoms with E-state index in [1.165, 1.54) is 0 Å². The molecular weight excluding hydrogens is 268 g/mol. The van der Waals surface area contributed by atoms with E-state index in [4.69, 9.17) is 9.47 Å². The number of morpholine rings is 1. The minimum atomic E-state index is -0.221. The smallest absolute Gasteiger partial charge is 0.240 e. The quantitative estimate of drug-likeness (QED) is 0.805. The lowest BCUT2D eigenvalue weighted by atomic mass is 9.92. The van der Waals surface area contributed by atoms with Crippen LogP contribution < -0.4 is 10.6 Å². The van der Waals surface area contributed by atoms with Gasteiger partial charge in [0.05, 0.1) is 12.7 Å². The van der Waals surface area contributed by atoms with E-state index in [1.54, 1.807) is 0 Å². The molecule has 3 atom stereocenters. The van der Waals surface area contributed by atoms with Crippen LogP contribution in [0.25, 0.3) is 0 Å². The minimum Gasteiger partial charge on any atom is -0.381 e. The summed E-state index contributed by atoms with van der Waals surface area (Å²) in [6.07, 6.45) is 2.01. The topological polar surface area (TPSA) is 59.6 Å². The van der Waals surface area contributed by atoms with Gasteiger partial charge in [0.2, 0.25) is 5.91 Å². The van der Waals surface area contributed by atoms with E-state index in [2.05, 4.69) is 17.6 Å². The third-order valence-corrected chi connectivity index (χ3v) is 3.94. The molecule has 0 saturated carbocycles. The van der Waals surface area contributed by atoms with Gasteiger partial charge in [-0.1, -0.05) is 0 Å². The van der Waals surface area contributed by atoms with Gasteiger partial charge in [0.1, 0.15) is 6.04 Å². The van der Waals surface area contributed by atoms with E-state index < -0.39 is 0 Å². The van der Waals surface area contributed by atoms with Crippen molar-refractivity contribution in [2.24, 2.45) is 5.92 Å². The highest BCUT2D eigenvalue weighted by molar-refractivity contribution is 5.85. The summed E-state index contributed by atoms with van der Waals surface area (Å²) in [4.78, 5) is 12.2. The highest BCUT2D eigenvalue weighted by Crippen LogP contribution is 2.18. The first-order valence-electron chi connectivity index (χ1n) is 6.91. The molecule has 112 valence electrons. The number of amides is 1. The Morgan fingerprint density at radius 2 is 2.00 bits per heavy atom.